The molecule has 0 saturated carbocycles. The minimum atomic E-state index is -1.18. The Labute approximate surface area is 66.6 Å². The first-order chi connectivity index (χ1) is 5.79. The summed E-state index contributed by atoms with van der Waals surface area (Å²) in [6.45, 7) is -0.926. The van der Waals surface area contributed by atoms with Gasteiger partial charge >= 0.3 is 0 Å². The van der Waals surface area contributed by atoms with Crippen LogP contribution in [-0.2, 0) is 0 Å². The van der Waals surface area contributed by atoms with Gasteiger partial charge in [-0.3, -0.25) is 0 Å². The van der Waals surface area contributed by atoms with Crippen LogP contribution >= 0.6 is 0 Å². The molecular formula is C4H6N4O4. The molecule has 0 heterocycles. The topological polar surface area (TPSA) is 118 Å². The van der Waals surface area contributed by atoms with Crippen molar-refractivity contribution in [3.05, 3.63) is 19.6 Å². The quantitative estimate of drug-likeness (QED) is 0.530. The third kappa shape index (κ3) is 2.99. The summed E-state index contributed by atoms with van der Waals surface area (Å²) in [6.07, 6.45) is 0. The molecule has 0 aromatic rings. The van der Waals surface area contributed by atoms with Crippen molar-refractivity contribution in [2.45, 2.75) is 12.1 Å². The highest BCUT2D eigenvalue weighted by Gasteiger charge is 2.24. The molecule has 0 saturated heterocycles. The smallest absolute Gasteiger partial charge is 0.142 e. The van der Waals surface area contributed by atoms with Crippen molar-refractivity contribution < 1.29 is 0 Å². The molecule has 0 spiro atoms. The first kappa shape index (κ1) is 10.4. The highest BCUT2D eigenvalue weighted by atomic mass is 16.3. The predicted molar refractivity (Wildman–Crippen MR) is 40.5 cm³/mol. The maximum atomic E-state index is 9.98. The molecule has 0 rings (SSSR count). The second-order valence-electron chi connectivity index (χ2n) is 1.97. The van der Waals surface area contributed by atoms with E-state index in [-0.39, 0.29) is 0 Å². The van der Waals surface area contributed by atoms with Crippen LogP contribution in [0, 0.1) is 19.6 Å². The lowest BCUT2D eigenvalue weighted by Crippen LogP contribution is -2.27. The molecule has 0 aliphatic rings. The summed E-state index contributed by atoms with van der Waals surface area (Å²) in [5.74, 6) is 0. The molecule has 0 radical (unpaired) electrons. The summed E-state index contributed by atoms with van der Waals surface area (Å²) >= 11 is 0. The Kier molecular flexibility index (Phi) is 5.31. The van der Waals surface area contributed by atoms with Gasteiger partial charge in [0.2, 0.25) is 0 Å². The summed E-state index contributed by atoms with van der Waals surface area (Å²) in [6, 6.07) is -2.37. The highest BCUT2D eigenvalue weighted by Crippen LogP contribution is 2.04. The zero-order valence-corrected chi connectivity index (χ0v) is 5.99. The Bertz CT molecular complexity index is 164. The van der Waals surface area contributed by atoms with Gasteiger partial charge in [-0.1, -0.05) is 20.7 Å². The molecule has 2 unspecified atom stereocenters. The number of rotatable bonds is 7. The number of nitroso groups, excluding NO2 is 4. The van der Waals surface area contributed by atoms with Crippen molar-refractivity contribution in [3.63, 3.8) is 0 Å². The molecule has 2 atom stereocenters. The first-order valence-corrected chi connectivity index (χ1v) is 3.03. The minimum Gasteiger partial charge on any atom is -0.151 e. The van der Waals surface area contributed by atoms with Crippen molar-refractivity contribution in [3.8, 4) is 0 Å². The van der Waals surface area contributed by atoms with E-state index in [4.69, 9.17) is 0 Å². The molecule has 0 bridgehead atoms. The van der Waals surface area contributed by atoms with Crippen LogP contribution in [-0.4, -0.2) is 25.2 Å². The Morgan fingerprint density at radius 1 is 0.750 bits per heavy atom. The van der Waals surface area contributed by atoms with E-state index in [1.54, 1.807) is 0 Å². The van der Waals surface area contributed by atoms with E-state index in [0.29, 0.717) is 0 Å². The molecule has 0 amide bonds. The summed E-state index contributed by atoms with van der Waals surface area (Å²) in [5.41, 5.74) is 0. The highest BCUT2D eigenvalue weighted by molar-refractivity contribution is 4.84. The third-order valence-corrected chi connectivity index (χ3v) is 1.24. The van der Waals surface area contributed by atoms with Crippen LogP contribution in [0.1, 0.15) is 0 Å². The van der Waals surface area contributed by atoms with E-state index in [2.05, 4.69) is 20.7 Å². The van der Waals surface area contributed by atoms with Crippen LogP contribution in [0.2, 0.25) is 0 Å². The molecule has 0 aliphatic carbocycles. The molecule has 0 N–H and O–H groups in total. The van der Waals surface area contributed by atoms with E-state index in [9.17, 15) is 19.6 Å². The van der Waals surface area contributed by atoms with Gasteiger partial charge in [0.05, 0.1) is 0 Å². The van der Waals surface area contributed by atoms with Crippen molar-refractivity contribution in [2.75, 3.05) is 13.1 Å². The molecule has 0 aromatic heterocycles. The minimum absolute atomic E-state index is 0.463. The zero-order valence-electron chi connectivity index (χ0n) is 5.99. The molecule has 66 valence electrons. The maximum Gasteiger partial charge on any atom is 0.142 e. The van der Waals surface area contributed by atoms with Crippen molar-refractivity contribution in [2.24, 2.45) is 20.7 Å². The van der Waals surface area contributed by atoms with Crippen LogP contribution in [0.5, 0.6) is 0 Å². The number of hydrogen-bond acceptors (Lipinski definition) is 8. The van der Waals surface area contributed by atoms with Gasteiger partial charge in [-0.05, 0) is 0 Å². The van der Waals surface area contributed by atoms with Gasteiger partial charge in [0.1, 0.15) is 25.2 Å². The largest absolute Gasteiger partial charge is 0.151 e. The number of hydrogen-bond donors (Lipinski definition) is 0. The average Bonchev–Trinajstić information content (AvgIpc) is 2.11. The predicted octanol–water partition coefficient (Wildman–Crippen LogP) is 0.789. The Morgan fingerprint density at radius 3 is 1.25 bits per heavy atom. The maximum absolute atomic E-state index is 9.98. The molecule has 0 aromatic carbocycles. The second kappa shape index (κ2) is 6.13. The van der Waals surface area contributed by atoms with E-state index in [1.165, 1.54) is 0 Å². The normalized spacial score (nSPS) is 14.3. The van der Waals surface area contributed by atoms with Gasteiger partial charge in [-0.2, -0.15) is 19.6 Å². The fourth-order valence-electron chi connectivity index (χ4n) is 0.603. The van der Waals surface area contributed by atoms with Crippen molar-refractivity contribution >= 4 is 0 Å². The van der Waals surface area contributed by atoms with Gasteiger partial charge in [-0.25, -0.2) is 0 Å². The Morgan fingerprint density at radius 2 is 1.08 bits per heavy atom. The lowest BCUT2D eigenvalue weighted by Gasteiger charge is -2.06. The van der Waals surface area contributed by atoms with Crippen LogP contribution in [0.3, 0.4) is 0 Å². The fourth-order valence-corrected chi connectivity index (χ4v) is 0.603. The SMILES string of the molecule is O=NCC(N=O)C(CN=O)N=O. The van der Waals surface area contributed by atoms with Crippen LogP contribution < -0.4 is 0 Å². The molecule has 8 heteroatoms. The van der Waals surface area contributed by atoms with Gasteiger partial charge in [-0.15, -0.1) is 0 Å². The molecule has 8 nitrogen and oxygen atoms in total. The van der Waals surface area contributed by atoms with Crippen LogP contribution in [0.4, 0.5) is 0 Å². The number of nitrogens with zero attached hydrogens (tertiary/aromatic N) is 4. The van der Waals surface area contributed by atoms with E-state index in [1.807, 2.05) is 0 Å². The van der Waals surface area contributed by atoms with E-state index < -0.39 is 25.2 Å². The van der Waals surface area contributed by atoms with Gasteiger partial charge in [0, 0.05) is 0 Å². The van der Waals surface area contributed by atoms with Gasteiger partial charge in [0.25, 0.3) is 0 Å². The lowest BCUT2D eigenvalue weighted by molar-refractivity contribution is 0.537. The Hall–Kier alpha value is -1.60. The lowest BCUT2D eigenvalue weighted by atomic mass is 10.1. The zero-order chi connectivity index (χ0) is 9.40. The monoisotopic (exact) mass is 174 g/mol. The molecule has 12 heavy (non-hydrogen) atoms. The average molecular weight is 174 g/mol. The van der Waals surface area contributed by atoms with E-state index >= 15 is 0 Å². The van der Waals surface area contributed by atoms with Crippen molar-refractivity contribution in [1.82, 2.24) is 0 Å². The summed E-state index contributed by atoms with van der Waals surface area (Å²) in [5, 5.41) is 9.61. The summed E-state index contributed by atoms with van der Waals surface area (Å²) in [7, 11) is 0. The molecular weight excluding hydrogens is 168 g/mol. The second-order valence-corrected chi connectivity index (χ2v) is 1.97. The van der Waals surface area contributed by atoms with Crippen LogP contribution in [0.25, 0.3) is 0 Å². The van der Waals surface area contributed by atoms with E-state index in [0.717, 1.165) is 0 Å². The fraction of sp³-hybridized carbons (Fsp3) is 1.00. The first-order valence-electron chi connectivity index (χ1n) is 3.03. The Balaban J connectivity index is 4.19. The van der Waals surface area contributed by atoms with Crippen LogP contribution in [0.15, 0.2) is 20.7 Å². The molecule has 0 aliphatic heterocycles. The van der Waals surface area contributed by atoms with Crippen molar-refractivity contribution in [1.29, 1.82) is 0 Å². The van der Waals surface area contributed by atoms with Gasteiger partial charge in [0.15, 0.2) is 0 Å². The molecule has 0 fully saturated rings. The third-order valence-electron chi connectivity index (χ3n) is 1.24. The van der Waals surface area contributed by atoms with Gasteiger partial charge < -0.3 is 0 Å². The summed E-state index contributed by atoms with van der Waals surface area (Å²) in [4.78, 5) is 39.4. The summed E-state index contributed by atoms with van der Waals surface area (Å²) < 4.78 is 0. The standard InChI is InChI=1S/C4H6N4O4/c9-5-1-3(7-11)4(8-12)2-6-10/h3-4H,1-2H2.